The Morgan fingerprint density at radius 2 is 1.70 bits per heavy atom. The van der Waals surface area contributed by atoms with Gasteiger partial charge in [-0.25, -0.2) is 0 Å². The summed E-state index contributed by atoms with van der Waals surface area (Å²) >= 11 is 6.09. The number of pyridine rings is 1. The van der Waals surface area contributed by atoms with Crippen molar-refractivity contribution in [2.24, 2.45) is 0 Å². The van der Waals surface area contributed by atoms with Crippen molar-refractivity contribution in [2.75, 3.05) is 13.1 Å². The van der Waals surface area contributed by atoms with E-state index in [2.05, 4.69) is 10.3 Å². The molecule has 0 amide bonds. The standard InChI is InChI=1S/C24H21ClN4O/c1-14-9-20-21(10-15(14)2)24(30)29(28-23(20)16-3-5-18(25)6-4-16)19-7-8-27-22(11-19)17-12-26-13-17/h3-11,17,26H,12-13H2,1-2H3. The molecule has 4 aromatic rings. The SMILES string of the molecule is Cc1cc2c(-c3ccc(Cl)cc3)nn(-c3ccnc(C4CNC4)c3)c(=O)c2cc1C. The van der Waals surface area contributed by atoms with E-state index in [0.717, 1.165) is 52.2 Å². The Hall–Kier alpha value is -3.02. The molecule has 0 bridgehead atoms. The molecule has 0 spiro atoms. The van der Waals surface area contributed by atoms with Crippen molar-refractivity contribution in [1.82, 2.24) is 20.1 Å². The molecule has 1 fully saturated rings. The number of aromatic nitrogens is 3. The highest BCUT2D eigenvalue weighted by Crippen LogP contribution is 2.29. The van der Waals surface area contributed by atoms with Crippen LogP contribution in [0, 0.1) is 13.8 Å². The van der Waals surface area contributed by atoms with Gasteiger partial charge in [0, 0.05) is 46.9 Å². The van der Waals surface area contributed by atoms with Crippen LogP contribution >= 0.6 is 11.6 Å². The fraction of sp³-hybridized carbons (Fsp3) is 0.208. The number of fused-ring (bicyclic) bond motifs is 1. The lowest BCUT2D eigenvalue weighted by molar-refractivity contribution is 0.439. The number of benzene rings is 2. The van der Waals surface area contributed by atoms with E-state index in [-0.39, 0.29) is 5.56 Å². The number of aryl methyl sites for hydroxylation is 2. The summed E-state index contributed by atoms with van der Waals surface area (Å²) < 4.78 is 1.50. The summed E-state index contributed by atoms with van der Waals surface area (Å²) in [7, 11) is 0. The smallest absolute Gasteiger partial charge is 0.279 e. The van der Waals surface area contributed by atoms with Crippen molar-refractivity contribution >= 4 is 22.4 Å². The molecule has 2 aromatic heterocycles. The van der Waals surface area contributed by atoms with Gasteiger partial charge < -0.3 is 5.32 Å². The molecule has 1 saturated heterocycles. The quantitative estimate of drug-likeness (QED) is 0.537. The topological polar surface area (TPSA) is 59.8 Å². The van der Waals surface area contributed by atoms with E-state index in [1.54, 1.807) is 6.20 Å². The summed E-state index contributed by atoms with van der Waals surface area (Å²) in [5, 5.41) is 10.2. The number of nitrogens with one attached hydrogen (secondary N) is 1. The van der Waals surface area contributed by atoms with Crippen LogP contribution in [0.15, 0.2) is 59.5 Å². The van der Waals surface area contributed by atoms with Crippen LogP contribution < -0.4 is 10.9 Å². The third-order valence-corrected chi connectivity index (χ3v) is 6.09. The monoisotopic (exact) mass is 416 g/mol. The minimum atomic E-state index is -0.130. The number of rotatable bonds is 3. The fourth-order valence-corrected chi connectivity index (χ4v) is 3.91. The Kier molecular flexibility index (Phi) is 4.65. The van der Waals surface area contributed by atoms with Crippen LogP contribution in [0.4, 0.5) is 0 Å². The second-order valence-electron chi connectivity index (χ2n) is 7.85. The molecule has 1 N–H and O–H groups in total. The molecule has 5 rings (SSSR count). The minimum absolute atomic E-state index is 0.130. The van der Waals surface area contributed by atoms with Gasteiger partial charge in [0.05, 0.1) is 16.8 Å². The summed E-state index contributed by atoms with van der Waals surface area (Å²) in [6.45, 7) is 5.89. The van der Waals surface area contributed by atoms with Gasteiger partial charge in [-0.05, 0) is 61.4 Å². The first-order valence-corrected chi connectivity index (χ1v) is 10.4. The van der Waals surface area contributed by atoms with Gasteiger partial charge in [-0.15, -0.1) is 0 Å². The van der Waals surface area contributed by atoms with Gasteiger partial charge in [0.1, 0.15) is 0 Å². The first-order chi connectivity index (χ1) is 14.5. The molecule has 0 aliphatic carbocycles. The lowest BCUT2D eigenvalue weighted by Crippen LogP contribution is -2.40. The van der Waals surface area contributed by atoms with Crippen LogP contribution in [0.2, 0.25) is 5.02 Å². The summed E-state index contributed by atoms with van der Waals surface area (Å²) in [6, 6.07) is 15.4. The molecule has 0 unspecified atom stereocenters. The van der Waals surface area contributed by atoms with Crippen LogP contribution in [0.25, 0.3) is 27.7 Å². The Morgan fingerprint density at radius 1 is 1.00 bits per heavy atom. The summed E-state index contributed by atoms with van der Waals surface area (Å²) in [5.74, 6) is 0.377. The van der Waals surface area contributed by atoms with E-state index in [4.69, 9.17) is 16.7 Å². The molecule has 1 aliphatic rings. The highest BCUT2D eigenvalue weighted by molar-refractivity contribution is 6.30. The van der Waals surface area contributed by atoms with Crippen LogP contribution in [-0.4, -0.2) is 27.9 Å². The maximum Gasteiger partial charge on any atom is 0.279 e. The van der Waals surface area contributed by atoms with Crippen molar-refractivity contribution in [1.29, 1.82) is 0 Å². The van der Waals surface area contributed by atoms with Gasteiger partial charge >= 0.3 is 0 Å². The third kappa shape index (κ3) is 3.20. The molecule has 150 valence electrons. The molecule has 0 atom stereocenters. The van der Waals surface area contributed by atoms with Crippen LogP contribution in [0.3, 0.4) is 0 Å². The molecule has 6 heteroatoms. The van der Waals surface area contributed by atoms with Gasteiger partial charge in [0.15, 0.2) is 0 Å². The summed E-state index contributed by atoms with van der Waals surface area (Å²) in [6.07, 6.45) is 1.75. The van der Waals surface area contributed by atoms with E-state index in [1.165, 1.54) is 4.68 Å². The van der Waals surface area contributed by atoms with Crippen molar-refractivity contribution < 1.29 is 0 Å². The van der Waals surface area contributed by atoms with Crippen LogP contribution in [-0.2, 0) is 0 Å². The van der Waals surface area contributed by atoms with E-state index in [9.17, 15) is 4.79 Å². The fourth-order valence-electron chi connectivity index (χ4n) is 3.79. The van der Waals surface area contributed by atoms with Gasteiger partial charge in [0.25, 0.3) is 5.56 Å². The third-order valence-electron chi connectivity index (χ3n) is 5.84. The van der Waals surface area contributed by atoms with E-state index in [1.807, 2.05) is 62.4 Å². The minimum Gasteiger partial charge on any atom is -0.315 e. The zero-order valence-electron chi connectivity index (χ0n) is 16.8. The average Bonchev–Trinajstić information content (AvgIpc) is 2.70. The van der Waals surface area contributed by atoms with Gasteiger partial charge in [-0.2, -0.15) is 9.78 Å². The largest absolute Gasteiger partial charge is 0.315 e. The predicted octanol–water partition coefficient (Wildman–Crippen LogP) is 4.40. The molecule has 2 aromatic carbocycles. The highest BCUT2D eigenvalue weighted by atomic mass is 35.5. The molecule has 3 heterocycles. The predicted molar refractivity (Wildman–Crippen MR) is 121 cm³/mol. The van der Waals surface area contributed by atoms with Gasteiger partial charge in [-0.3, -0.25) is 9.78 Å². The van der Waals surface area contributed by atoms with Crippen molar-refractivity contribution in [2.45, 2.75) is 19.8 Å². The maximum atomic E-state index is 13.4. The lowest BCUT2D eigenvalue weighted by Gasteiger charge is -2.26. The molecule has 30 heavy (non-hydrogen) atoms. The maximum absolute atomic E-state index is 13.4. The van der Waals surface area contributed by atoms with Crippen molar-refractivity contribution in [3.63, 3.8) is 0 Å². The summed E-state index contributed by atoms with van der Waals surface area (Å²) in [4.78, 5) is 17.9. The van der Waals surface area contributed by atoms with E-state index in [0.29, 0.717) is 16.3 Å². The Bertz CT molecular complexity index is 1320. The zero-order chi connectivity index (χ0) is 20.8. The van der Waals surface area contributed by atoms with E-state index >= 15 is 0 Å². The normalized spacial score (nSPS) is 14.1. The van der Waals surface area contributed by atoms with Crippen LogP contribution in [0.5, 0.6) is 0 Å². The first kappa shape index (κ1) is 19.0. The molecule has 0 radical (unpaired) electrons. The van der Waals surface area contributed by atoms with Crippen molar-refractivity contribution in [3.8, 4) is 16.9 Å². The number of hydrogen-bond donors (Lipinski definition) is 1. The number of nitrogens with zero attached hydrogens (tertiary/aromatic N) is 3. The summed E-state index contributed by atoms with van der Waals surface area (Å²) in [5.41, 5.74) is 5.46. The van der Waals surface area contributed by atoms with Gasteiger partial charge in [-0.1, -0.05) is 23.7 Å². The van der Waals surface area contributed by atoms with E-state index < -0.39 is 0 Å². The first-order valence-electron chi connectivity index (χ1n) is 9.98. The van der Waals surface area contributed by atoms with Crippen molar-refractivity contribution in [3.05, 3.63) is 86.9 Å². The Balaban J connectivity index is 1.79. The second-order valence-corrected chi connectivity index (χ2v) is 8.29. The van der Waals surface area contributed by atoms with Crippen LogP contribution in [0.1, 0.15) is 22.7 Å². The Labute approximate surface area is 179 Å². The molecule has 5 nitrogen and oxygen atoms in total. The zero-order valence-corrected chi connectivity index (χ0v) is 17.6. The Morgan fingerprint density at radius 3 is 2.37 bits per heavy atom. The average molecular weight is 417 g/mol. The number of hydrogen-bond acceptors (Lipinski definition) is 4. The lowest BCUT2D eigenvalue weighted by atomic mass is 9.98. The second kappa shape index (κ2) is 7.35. The highest BCUT2D eigenvalue weighted by Gasteiger charge is 2.21. The molecular weight excluding hydrogens is 396 g/mol. The molecular formula is C24H21ClN4O. The van der Waals surface area contributed by atoms with Gasteiger partial charge in [0.2, 0.25) is 0 Å². The number of halogens is 1. The molecule has 1 aliphatic heterocycles. The molecule has 0 saturated carbocycles.